The summed E-state index contributed by atoms with van der Waals surface area (Å²) < 4.78 is 26.6. The summed E-state index contributed by atoms with van der Waals surface area (Å²) in [6, 6.07) is 1.73. The fraction of sp³-hybridized carbons (Fsp3) is 0.353. The lowest BCUT2D eigenvalue weighted by Crippen LogP contribution is -2.55. The summed E-state index contributed by atoms with van der Waals surface area (Å²) in [6.07, 6.45) is 3.21. The van der Waals surface area contributed by atoms with E-state index in [1.807, 2.05) is 0 Å². The highest BCUT2D eigenvalue weighted by atomic mass is 35.5. The number of halogens is 3. The van der Waals surface area contributed by atoms with E-state index in [1.165, 1.54) is 6.20 Å². The second-order valence-corrected chi connectivity index (χ2v) is 6.95. The van der Waals surface area contributed by atoms with Crippen LogP contribution in [-0.2, 0) is 4.79 Å². The number of carbonyl (C=O) groups is 1. The molecule has 2 aromatic rings. The maximum Gasteiger partial charge on any atom is 0.245 e. The number of amides is 1. The summed E-state index contributed by atoms with van der Waals surface area (Å²) in [5.41, 5.74) is 0.128. The molecule has 0 aromatic carbocycles. The van der Waals surface area contributed by atoms with Gasteiger partial charge in [-0.2, -0.15) is 0 Å². The molecule has 4 N–H and O–H groups in total. The number of aromatic nitrogens is 2. The minimum Gasteiger partial charge on any atom is -0.356 e. The van der Waals surface area contributed by atoms with Gasteiger partial charge in [0.2, 0.25) is 5.91 Å². The standard InChI is InChI=1S/C17H19ClF2N6O/c1-17(2,16(27)21-4-3-19)26-15-12(20)8-24-14(25-15)11-7-23-13-10(11)5-9(18)6-22-13/h5-7,26H,3-4,8H2,1-2H3,(H,21,27)(H,22,23)(H,24,25). The third kappa shape index (κ3) is 4.02. The molecule has 144 valence electrons. The van der Waals surface area contributed by atoms with Gasteiger partial charge < -0.3 is 20.9 Å². The highest BCUT2D eigenvalue weighted by molar-refractivity contribution is 6.31. The van der Waals surface area contributed by atoms with E-state index in [0.717, 1.165) is 5.39 Å². The zero-order valence-electron chi connectivity index (χ0n) is 14.8. The number of aromatic amines is 1. The van der Waals surface area contributed by atoms with Gasteiger partial charge in [0.25, 0.3) is 0 Å². The van der Waals surface area contributed by atoms with Crippen molar-refractivity contribution in [1.82, 2.24) is 25.9 Å². The van der Waals surface area contributed by atoms with E-state index < -0.39 is 23.9 Å². The molecule has 7 nitrogen and oxygen atoms in total. The molecule has 27 heavy (non-hydrogen) atoms. The fourth-order valence-corrected chi connectivity index (χ4v) is 2.79. The monoisotopic (exact) mass is 396 g/mol. The lowest BCUT2D eigenvalue weighted by atomic mass is 10.0. The quantitative estimate of drug-likeness (QED) is 0.602. The molecular weight excluding hydrogens is 378 g/mol. The van der Waals surface area contributed by atoms with Crippen molar-refractivity contribution in [3.05, 3.63) is 40.7 Å². The van der Waals surface area contributed by atoms with Crippen molar-refractivity contribution in [2.75, 3.05) is 19.8 Å². The molecule has 3 rings (SSSR count). The van der Waals surface area contributed by atoms with Gasteiger partial charge in [0.1, 0.15) is 29.5 Å². The molecule has 1 aliphatic heterocycles. The summed E-state index contributed by atoms with van der Waals surface area (Å²) >= 11 is 6.01. The molecule has 0 saturated carbocycles. The van der Waals surface area contributed by atoms with Gasteiger partial charge in [0, 0.05) is 29.9 Å². The van der Waals surface area contributed by atoms with Crippen molar-refractivity contribution in [3.8, 4) is 0 Å². The normalized spacial score (nSPS) is 14.8. The van der Waals surface area contributed by atoms with Crippen LogP contribution in [0.15, 0.2) is 35.1 Å². The Morgan fingerprint density at radius 2 is 2.22 bits per heavy atom. The molecule has 0 saturated heterocycles. The number of rotatable bonds is 6. The average Bonchev–Trinajstić information content (AvgIpc) is 3.04. The number of fused-ring (bicyclic) bond motifs is 1. The van der Waals surface area contributed by atoms with E-state index in [1.54, 1.807) is 26.1 Å². The number of alkyl halides is 1. The number of pyridine rings is 1. The minimum atomic E-state index is -1.16. The maximum absolute atomic E-state index is 14.3. The zero-order chi connectivity index (χ0) is 19.6. The van der Waals surface area contributed by atoms with Crippen molar-refractivity contribution in [2.24, 2.45) is 4.99 Å². The van der Waals surface area contributed by atoms with Crippen LogP contribution >= 0.6 is 11.6 Å². The van der Waals surface area contributed by atoms with Crippen molar-refractivity contribution >= 4 is 34.4 Å². The summed E-state index contributed by atoms with van der Waals surface area (Å²) in [4.78, 5) is 23.5. The third-order valence-electron chi connectivity index (χ3n) is 4.03. The molecule has 0 radical (unpaired) electrons. The van der Waals surface area contributed by atoms with E-state index >= 15 is 0 Å². The summed E-state index contributed by atoms with van der Waals surface area (Å²) in [5, 5.41) is 9.35. The highest BCUT2D eigenvalue weighted by Crippen LogP contribution is 2.22. The highest BCUT2D eigenvalue weighted by Gasteiger charge is 2.30. The van der Waals surface area contributed by atoms with Crippen molar-refractivity contribution in [3.63, 3.8) is 0 Å². The molecule has 0 fully saturated rings. The number of aliphatic imine (C=N–C) groups is 1. The third-order valence-corrected chi connectivity index (χ3v) is 4.24. The molecule has 0 aliphatic carbocycles. The van der Waals surface area contributed by atoms with E-state index in [9.17, 15) is 13.6 Å². The van der Waals surface area contributed by atoms with Crippen LogP contribution in [0.3, 0.4) is 0 Å². The first-order valence-electron chi connectivity index (χ1n) is 8.27. The van der Waals surface area contributed by atoms with Crippen LogP contribution < -0.4 is 16.0 Å². The van der Waals surface area contributed by atoms with Gasteiger partial charge >= 0.3 is 0 Å². The van der Waals surface area contributed by atoms with Gasteiger partial charge in [-0.05, 0) is 19.9 Å². The molecule has 1 aliphatic rings. The van der Waals surface area contributed by atoms with Gasteiger partial charge in [-0.15, -0.1) is 0 Å². The lowest BCUT2D eigenvalue weighted by Gasteiger charge is -2.29. The van der Waals surface area contributed by atoms with Crippen LogP contribution in [0.5, 0.6) is 0 Å². The van der Waals surface area contributed by atoms with E-state index in [4.69, 9.17) is 11.6 Å². The predicted molar refractivity (Wildman–Crippen MR) is 100.0 cm³/mol. The van der Waals surface area contributed by atoms with Crippen LogP contribution in [0.1, 0.15) is 19.4 Å². The van der Waals surface area contributed by atoms with Crippen molar-refractivity contribution in [1.29, 1.82) is 0 Å². The molecule has 3 heterocycles. The Kier molecular flexibility index (Phi) is 5.31. The molecule has 10 heteroatoms. The molecule has 2 aromatic heterocycles. The SMILES string of the molecule is CC(C)(NC1=C(F)CN=C(c2c[nH]c3ncc(Cl)cc23)N1)C(=O)NCCF. The van der Waals surface area contributed by atoms with Crippen LogP contribution in [0, 0.1) is 0 Å². The first-order valence-corrected chi connectivity index (χ1v) is 8.65. The van der Waals surface area contributed by atoms with Gasteiger partial charge in [-0.25, -0.2) is 13.8 Å². The first-order chi connectivity index (χ1) is 12.8. The second-order valence-electron chi connectivity index (χ2n) is 6.52. The van der Waals surface area contributed by atoms with E-state index in [0.29, 0.717) is 22.1 Å². The van der Waals surface area contributed by atoms with Crippen LogP contribution in [0.2, 0.25) is 5.02 Å². The summed E-state index contributed by atoms with van der Waals surface area (Å²) in [6.45, 7) is 2.18. The molecule has 0 unspecified atom stereocenters. The molecule has 1 amide bonds. The molecule has 0 spiro atoms. The first kappa shape index (κ1) is 19.1. The Morgan fingerprint density at radius 1 is 1.44 bits per heavy atom. The number of H-pyrrole nitrogens is 1. The van der Waals surface area contributed by atoms with Crippen molar-refractivity contribution < 1.29 is 13.6 Å². The molecule has 0 atom stereocenters. The topological polar surface area (TPSA) is 94.2 Å². The van der Waals surface area contributed by atoms with Crippen LogP contribution in [0.25, 0.3) is 11.0 Å². The largest absolute Gasteiger partial charge is 0.356 e. The Morgan fingerprint density at radius 3 is 2.96 bits per heavy atom. The maximum atomic E-state index is 14.3. The lowest BCUT2D eigenvalue weighted by molar-refractivity contribution is -0.126. The number of hydrogen-bond acceptors (Lipinski definition) is 5. The van der Waals surface area contributed by atoms with Crippen LogP contribution in [0.4, 0.5) is 8.78 Å². The zero-order valence-corrected chi connectivity index (χ0v) is 15.5. The Balaban J connectivity index is 1.81. The van der Waals surface area contributed by atoms with Gasteiger partial charge in [-0.3, -0.25) is 9.79 Å². The number of hydrogen-bond donors (Lipinski definition) is 4. The number of nitrogens with one attached hydrogen (secondary N) is 4. The van der Waals surface area contributed by atoms with Gasteiger partial charge in [0.05, 0.1) is 11.6 Å². The van der Waals surface area contributed by atoms with E-state index in [-0.39, 0.29) is 18.9 Å². The van der Waals surface area contributed by atoms with Gasteiger partial charge in [0.15, 0.2) is 5.83 Å². The number of nitrogens with zero attached hydrogens (tertiary/aromatic N) is 2. The van der Waals surface area contributed by atoms with Crippen LogP contribution in [-0.4, -0.2) is 47.0 Å². The van der Waals surface area contributed by atoms with Crippen molar-refractivity contribution in [2.45, 2.75) is 19.4 Å². The predicted octanol–water partition coefficient (Wildman–Crippen LogP) is 2.16. The fourth-order valence-electron chi connectivity index (χ4n) is 2.63. The average molecular weight is 397 g/mol. The summed E-state index contributed by atoms with van der Waals surface area (Å²) in [5.74, 6) is -0.547. The number of carbonyl (C=O) groups excluding carboxylic acids is 1. The Hall–Kier alpha value is -2.68. The molecule has 0 bridgehead atoms. The number of amidine groups is 1. The minimum absolute atomic E-state index is 0.0322. The van der Waals surface area contributed by atoms with E-state index in [2.05, 4.69) is 30.9 Å². The smallest absolute Gasteiger partial charge is 0.245 e. The summed E-state index contributed by atoms with van der Waals surface area (Å²) in [7, 11) is 0. The second kappa shape index (κ2) is 7.51. The molecular formula is C17H19ClF2N6O. The van der Waals surface area contributed by atoms with Gasteiger partial charge in [-0.1, -0.05) is 11.6 Å². The Bertz CT molecular complexity index is 937. The Labute approximate surface area is 159 Å².